The largest absolute Gasteiger partial charge is 0.380 e. The summed E-state index contributed by atoms with van der Waals surface area (Å²) in [7, 11) is 0. The van der Waals surface area contributed by atoms with Gasteiger partial charge in [0.25, 0.3) is 0 Å². The Bertz CT molecular complexity index is 140. The van der Waals surface area contributed by atoms with Gasteiger partial charge in [-0.05, 0) is 12.8 Å². The quantitative estimate of drug-likeness (QED) is 0.540. The van der Waals surface area contributed by atoms with Crippen LogP contribution >= 0.6 is 0 Å². The van der Waals surface area contributed by atoms with Crippen molar-refractivity contribution in [3.63, 3.8) is 0 Å². The van der Waals surface area contributed by atoms with E-state index in [-0.39, 0.29) is 5.91 Å². The van der Waals surface area contributed by atoms with E-state index in [1.54, 1.807) is 0 Å². The molecule has 4 nitrogen and oxygen atoms in total. The molecule has 0 spiro atoms. The highest BCUT2D eigenvalue weighted by molar-refractivity contribution is 5.75. The van der Waals surface area contributed by atoms with E-state index in [4.69, 9.17) is 10.5 Å². The van der Waals surface area contributed by atoms with Gasteiger partial charge in [-0.15, -0.1) is 0 Å². The van der Waals surface area contributed by atoms with Crippen LogP contribution in [0.3, 0.4) is 0 Å². The van der Waals surface area contributed by atoms with Crippen LogP contribution in [0.2, 0.25) is 0 Å². The van der Waals surface area contributed by atoms with Gasteiger partial charge in [-0.25, -0.2) is 0 Å². The number of nitrogens with one attached hydrogen (secondary N) is 1. The van der Waals surface area contributed by atoms with E-state index in [2.05, 4.69) is 12.2 Å². The molecular formula is C10H22N2O2. The van der Waals surface area contributed by atoms with E-state index < -0.39 is 0 Å². The van der Waals surface area contributed by atoms with Crippen molar-refractivity contribution in [1.29, 1.82) is 0 Å². The lowest BCUT2D eigenvalue weighted by molar-refractivity contribution is -0.121. The zero-order valence-corrected chi connectivity index (χ0v) is 9.05. The van der Waals surface area contributed by atoms with E-state index in [1.807, 2.05) is 0 Å². The number of carbonyl (C=O) groups is 1. The average Bonchev–Trinajstić information content (AvgIpc) is 2.20. The number of amides is 1. The van der Waals surface area contributed by atoms with Gasteiger partial charge in [0.15, 0.2) is 0 Å². The van der Waals surface area contributed by atoms with Gasteiger partial charge >= 0.3 is 0 Å². The highest BCUT2D eigenvalue weighted by Crippen LogP contribution is 1.92. The summed E-state index contributed by atoms with van der Waals surface area (Å²) in [6, 6.07) is 0. The van der Waals surface area contributed by atoms with Crippen molar-refractivity contribution in [3.8, 4) is 0 Å². The van der Waals surface area contributed by atoms with Gasteiger partial charge in [0.1, 0.15) is 0 Å². The SMILES string of the molecule is CCCCC(=O)NCCCOCCN. The topological polar surface area (TPSA) is 64.3 Å². The first-order chi connectivity index (χ1) is 6.81. The Morgan fingerprint density at radius 3 is 2.79 bits per heavy atom. The summed E-state index contributed by atoms with van der Waals surface area (Å²) in [5.41, 5.74) is 5.25. The molecule has 0 aromatic rings. The molecule has 84 valence electrons. The molecule has 0 bridgehead atoms. The van der Waals surface area contributed by atoms with Crippen LogP contribution in [0, 0.1) is 0 Å². The Morgan fingerprint density at radius 2 is 2.14 bits per heavy atom. The molecule has 1 amide bonds. The fraction of sp³-hybridized carbons (Fsp3) is 0.900. The normalized spacial score (nSPS) is 10.1. The van der Waals surface area contributed by atoms with Crippen molar-refractivity contribution >= 4 is 5.91 Å². The van der Waals surface area contributed by atoms with E-state index >= 15 is 0 Å². The minimum Gasteiger partial charge on any atom is -0.380 e. The summed E-state index contributed by atoms with van der Waals surface area (Å²) in [4.78, 5) is 11.1. The van der Waals surface area contributed by atoms with Crippen LogP contribution in [0.4, 0.5) is 0 Å². The third kappa shape index (κ3) is 9.48. The summed E-state index contributed by atoms with van der Waals surface area (Å²) >= 11 is 0. The second kappa shape index (κ2) is 10.5. The fourth-order valence-corrected chi connectivity index (χ4v) is 1.01. The number of ether oxygens (including phenoxy) is 1. The van der Waals surface area contributed by atoms with Crippen LogP contribution in [0.5, 0.6) is 0 Å². The number of nitrogens with two attached hydrogens (primary N) is 1. The lowest BCUT2D eigenvalue weighted by Gasteiger charge is -2.04. The van der Waals surface area contributed by atoms with Crippen molar-refractivity contribution in [2.45, 2.75) is 32.6 Å². The highest BCUT2D eigenvalue weighted by atomic mass is 16.5. The molecule has 0 aliphatic rings. The molecule has 4 heteroatoms. The van der Waals surface area contributed by atoms with Crippen LogP contribution in [0.25, 0.3) is 0 Å². The Balaban J connectivity index is 3.07. The monoisotopic (exact) mass is 202 g/mol. The molecule has 0 rings (SSSR count). The third-order valence-corrected chi connectivity index (χ3v) is 1.81. The number of rotatable bonds is 9. The molecule has 0 unspecified atom stereocenters. The van der Waals surface area contributed by atoms with Crippen LogP contribution < -0.4 is 11.1 Å². The summed E-state index contributed by atoms with van der Waals surface area (Å²) in [5, 5.41) is 2.84. The predicted octanol–water partition coefficient (Wildman–Crippen LogP) is 0.658. The summed E-state index contributed by atoms with van der Waals surface area (Å²) in [6.45, 7) is 4.61. The molecule has 0 radical (unpaired) electrons. The maximum Gasteiger partial charge on any atom is 0.219 e. The van der Waals surface area contributed by atoms with Gasteiger partial charge in [0.2, 0.25) is 5.91 Å². The first-order valence-corrected chi connectivity index (χ1v) is 5.35. The lowest BCUT2D eigenvalue weighted by Crippen LogP contribution is -2.25. The molecule has 3 N–H and O–H groups in total. The first kappa shape index (κ1) is 13.4. The van der Waals surface area contributed by atoms with Gasteiger partial charge in [0, 0.05) is 26.1 Å². The van der Waals surface area contributed by atoms with Crippen LogP contribution in [-0.2, 0) is 9.53 Å². The standard InChI is InChI=1S/C10H22N2O2/c1-2-3-5-10(13)12-7-4-8-14-9-6-11/h2-9,11H2,1H3,(H,12,13). The number of carbonyl (C=O) groups excluding carboxylic acids is 1. The predicted molar refractivity (Wildman–Crippen MR) is 57.0 cm³/mol. The van der Waals surface area contributed by atoms with Crippen LogP contribution in [0.15, 0.2) is 0 Å². The number of hydrogen-bond acceptors (Lipinski definition) is 3. The smallest absolute Gasteiger partial charge is 0.219 e. The Labute approximate surface area is 86.2 Å². The van der Waals surface area contributed by atoms with Gasteiger partial charge in [-0.1, -0.05) is 13.3 Å². The zero-order chi connectivity index (χ0) is 10.6. The maximum atomic E-state index is 11.1. The molecule has 0 atom stereocenters. The lowest BCUT2D eigenvalue weighted by atomic mass is 10.2. The maximum absolute atomic E-state index is 11.1. The average molecular weight is 202 g/mol. The molecule has 0 aliphatic heterocycles. The zero-order valence-electron chi connectivity index (χ0n) is 9.05. The minimum atomic E-state index is 0.144. The molecule has 0 aromatic heterocycles. The summed E-state index contributed by atoms with van der Waals surface area (Å²) in [5.74, 6) is 0.144. The van der Waals surface area contributed by atoms with E-state index in [9.17, 15) is 4.79 Å². The summed E-state index contributed by atoms with van der Waals surface area (Å²) in [6.07, 6.45) is 3.53. The highest BCUT2D eigenvalue weighted by Gasteiger charge is 1.98. The van der Waals surface area contributed by atoms with E-state index in [1.165, 1.54) is 0 Å². The molecule has 0 heterocycles. The van der Waals surface area contributed by atoms with Crippen molar-refractivity contribution < 1.29 is 9.53 Å². The van der Waals surface area contributed by atoms with Crippen molar-refractivity contribution in [3.05, 3.63) is 0 Å². The van der Waals surface area contributed by atoms with Gasteiger partial charge in [0.05, 0.1) is 6.61 Å². The van der Waals surface area contributed by atoms with Crippen molar-refractivity contribution in [2.75, 3.05) is 26.3 Å². The third-order valence-electron chi connectivity index (χ3n) is 1.81. The molecule has 0 aliphatic carbocycles. The second-order valence-corrected chi connectivity index (χ2v) is 3.21. The second-order valence-electron chi connectivity index (χ2n) is 3.21. The van der Waals surface area contributed by atoms with E-state index in [0.29, 0.717) is 32.7 Å². The molecule has 0 saturated carbocycles. The Hall–Kier alpha value is -0.610. The van der Waals surface area contributed by atoms with Gasteiger partial charge < -0.3 is 15.8 Å². The van der Waals surface area contributed by atoms with Crippen LogP contribution in [-0.4, -0.2) is 32.2 Å². The molecular weight excluding hydrogens is 180 g/mol. The summed E-state index contributed by atoms with van der Waals surface area (Å²) < 4.78 is 5.17. The van der Waals surface area contributed by atoms with E-state index in [0.717, 1.165) is 19.3 Å². The first-order valence-electron chi connectivity index (χ1n) is 5.35. The Morgan fingerprint density at radius 1 is 1.36 bits per heavy atom. The molecule has 0 fully saturated rings. The van der Waals surface area contributed by atoms with Crippen molar-refractivity contribution in [1.82, 2.24) is 5.32 Å². The fourth-order valence-electron chi connectivity index (χ4n) is 1.01. The molecule has 0 saturated heterocycles. The number of unbranched alkanes of at least 4 members (excludes halogenated alkanes) is 1. The van der Waals surface area contributed by atoms with Gasteiger partial charge in [-0.2, -0.15) is 0 Å². The Kier molecular flexibility index (Phi) is 10.0. The van der Waals surface area contributed by atoms with Crippen LogP contribution in [0.1, 0.15) is 32.6 Å². The molecule has 14 heavy (non-hydrogen) atoms. The van der Waals surface area contributed by atoms with Gasteiger partial charge in [-0.3, -0.25) is 4.79 Å². The molecule has 0 aromatic carbocycles. The number of hydrogen-bond donors (Lipinski definition) is 2. The minimum absolute atomic E-state index is 0.144. The van der Waals surface area contributed by atoms with Crippen molar-refractivity contribution in [2.24, 2.45) is 5.73 Å².